The SMILES string of the molecule is Cc1ccc(CNc2cc(N3CCN(Cc4ccccc4)CC3)ncn2)cc1. The summed E-state index contributed by atoms with van der Waals surface area (Å²) in [5, 5.41) is 3.41. The Labute approximate surface area is 167 Å². The molecule has 0 saturated carbocycles. The van der Waals surface area contributed by atoms with Crippen molar-refractivity contribution >= 4 is 11.6 Å². The minimum atomic E-state index is 0.765. The number of nitrogens with zero attached hydrogens (tertiary/aromatic N) is 4. The largest absolute Gasteiger partial charge is 0.366 e. The van der Waals surface area contributed by atoms with Gasteiger partial charge in [0.05, 0.1) is 0 Å². The molecule has 0 bridgehead atoms. The first-order valence-corrected chi connectivity index (χ1v) is 9.89. The average Bonchev–Trinajstić information content (AvgIpc) is 2.75. The van der Waals surface area contributed by atoms with Crippen LogP contribution in [0.3, 0.4) is 0 Å². The summed E-state index contributed by atoms with van der Waals surface area (Å²) in [4.78, 5) is 13.7. The Morgan fingerprint density at radius 3 is 2.36 bits per heavy atom. The third-order valence-corrected chi connectivity index (χ3v) is 5.19. The van der Waals surface area contributed by atoms with Gasteiger partial charge < -0.3 is 10.2 Å². The summed E-state index contributed by atoms with van der Waals surface area (Å²) in [7, 11) is 0. The number of anilines is 2. The van der Waals surface area contributed by atoms with Gasteiger partial charge in [0.2, 0.25) is 0 Å². The van der Waals surface area contributed by atoms with Crippen LogP contribution >= 0.6 is 0 Å². The second-order valence-electron chi connectivity index (χ2n) is 7.35. The molecule has 0 atom stereocenters. The van der Waals surface area contributed by atoms with E-state index in [9.17, 15) is 0 Å². The molecule has 1 fully saturated rings. The van der Waals surface area contributed by atoms with Gasteiger partial charge in [-0.1, -0.05) is 60.2 Å². The Kier molecular flexibility index (Phi) is 5.83. The van der Waals surface area contributed by atoms with Crippen molar-refractivity contribution in [3.63, 3.8) is 0 Å². The van der Waals surface area contributed by atoms with Crippen molar-refractivity contribution < 1.29 is 0 Å². The van der Waals surface area contributed by atoms with E-state index in [2.05, 4.69) is 92.7 Å². The summed E-state index contributed by atoms with van der Waals surface area (Å²) in [6.07, 6.45) is 1.66. The third-order valence-electron chi connectivity index (χ3n) is 5.19. The van der Waals surface area contributed by atoms with Crippen molar-refractivity contribution in [2.45, 2.75) is 20.0 Å². The molecule has 2 heterocycles. The molecule has 28 heavy (non-hydrogen) atoms. The summed E-state index contributed by atoms with van der Waals surface area (Å²) in [6, 6.07) is 21.3. The van der Waals surface area contributed by atoms with E-state index < -0.39 is 0 Å². The standard InChI is InChI=1S/C23H27N5/c1-19-7-9-20(10-8-19)16-24-22-15-23(26-18-25-22)28-13-11-27(12-14-28)17-21-5-3-2-4-6-21/h2-10,15,18H,11-14,16-17H2,1H3,(H,24,25,26). The first-order valence-electron chi connectivity index (χ1n) is 9.89. The van der Waals surface area contributed by atoms with Crippen molar-refractivity contribution in [2.75, 3.05) is 36.4 Å². The zero-order valence-corrected chi connectivity index (χ0v) is 16.4. The van der Waals surface area contributed by atoms with E-state index in [4.69, 9.17) is 0 Å². The zero-order valence-electron chi connectivity index (χ0n) is 16.4. The number of hydrogen-bond acceptors (Lipinski definition) is 5. The summed E-state index contributed by atoms with van der Waals surface area (Å²) in [6.45, 7) is 7.95. The van der Waals surface area contributed by atoms with Gasteiger partial charge in [0.25, 0.3) is 0 Å². The van der Waals surface area contributed by atoms with E-state index in [-0.39, 0.29) is 0 Å². The lowest BCUT2D eigenvalue weighted by Crippen LogP contribution is -2.46. The molecular formula is C23H27N5. The topological polar surface area (TPSA) is 44.3 Å². The Balaban J connectivity index is 1.31. The predicted molar refractivity (Wildman–Crippen MR) is 114 cm³/mol. The number of aromatic nitrogens is 2. The maximum Gasteiger partial charge on any atom is 0.134 e. The Morgan fingerprint density at radius 1 is 0.857 bits per heavy atom. The zero-order chi connectivity index (χ0) is 19.2. The molecule has 5 heteroatoms. The minimum Gasteiger partial charge on any atom is -0.366 e. The highest BCUT2D eigenvalue weighted by atomic mass is 15.3. The number of piperazine rings is 1. The molecule has 1 aliphatic rings. The first-order chi connectivity index (χ1) is 13.8. The van der Waals surface area contributed by atoms with E-state index in [1.807, 2.05) is 0 Å². The van der Waals surface area contributed by atoms with Crippen LogP contribution in [0.1, 0.15) is 16.7 Å². The quantitative estimate of drug-likeness (QED) is 0.713. The maximum atomic E-state index is 4.49. The minimum absolute atomic E-state index is 0.765. The van der Waals surface area contributed by atoms with Crippen LogP contribution in [0.5, 0.6) is 0 Å². The summed E-state index contributed by atoms with van der Waals surface area (Å²) < 4.78 is 0. The fraction of sp³-hybridized carbons (Fsp3) is 0.304. The number of hydrogen-bond donors (Lipinski definition) is 1. The van der Waals surface area contributed by atoms with Crippen LogP contribution in [0.4, 0.5) is 11.6 Å². The summed E-state index contributed by atoms with van der Waals surface area (Å²) in [5.41, 5.74) is 3.90. The predicted octanol–water partition coefficient (Wildman–Crippen LogP) is 3.72. The molecule has 1 aromatic heterocycles. The van der Waals surface area contributed by atoms with Crippen LogP contribution in [-0.2, 0) is 13.1 Å². The lowest BCUT2D eigenvalue weighted by molar-refractivity contribution is 0.249. The van der Waals surface area contributed by atoms with E-state index >= 15 is 0 Å². The molecule has 0 aliphatic carbocycles. The second kappa shape index (κ2) is 8.85. The molecule has 0 unspecified atom stereocenters. The second-order valence-corrected chi connectivity index (χ2v) is 7.35. The number of rotatable bonds is 6. The Morgan fingerprint density at radius 2 is 1.61 bits per heavy atom. The molecule has 1 N–H and O–H groups in total. The number of benzene rings is 2. The van der Waals surface area contributed by atoms with Crippen molar-refractivity contribution in [1.29, 1.82) is 0 Å². The highest BCUT2D eigenvalue weighted by Gasteiger charge is 2.18. The van der Waals surface area contributed by atoms with Gasteiger partial charge in [0, 0.05) is 45.3 Å². The molecule has 0 radical (unpaired) electrons. The smallest absolute Gasteiger partial charge is 0.134 e. The van der Waals surface area contributed by atoms with Crippen molar-refractivity contribution in [3.8, 4) is 0 Å². The Bertz CT molecular complexity index is 871. The van der Waals surface area contributed by atoms with Crippen LogP contribution < -0.4 is 10.2 Å². The lowest BCUT2D eigenvalue weighted by atomic mass is 10.1. The molecule has 0 amide bonds. The van der Waals surface area contributed by atoms with E-state index in [0.29, 0.717) is 0 Å². The highest BCUT2D eigenvalue weighted by Crippen LogP contribution is 2.18. The van der Waals surface area contributed by atoms with Crippen LogP contribution in [0.2, 0.25) is 0 Å². The molecule has 144 valence electrons. The van der Waals surface area contributed by atoms with Gasteiger partial charge in [-0.2, -0.15) is 0 Å². The fourth-order valence-corrected chi connectivity index (χ4v) is 3.49. The monoisotopic (exact) mass is 373 g/mol. The van der Waals surface area contributed by atoms with E-state index in [1.54, 1.807) is 6.33 Å². The molecule has 3 aromatic rings. The Hall–Kier alpha value is -2.92. The van der Waals surface area contributed by atoms with Crippen molar-refractivity contribution in [1.82, 2.24) is 14.9 Å². The van der Waals surface area contributed by atoms with Gasteiger partial charge in [-0.05, 0) is 18.1 Å². The molecule has 5 nitrogen and oxygen atoms in total. The van der Waals surface area contributed by atoms with Gasteiger partial charge in [-0.3, -0.25) is 4.90 Å². The van der Waals surface area contributed by atoms with Gasteiger partial charge in [-0.15, -0.1) is 0 Å². The number of aryl methyl sites for hydroxylation is 1. The number of nitrogens with one attached hydrogen (secondary N) is 1. The molecule has 2 aromatic carbocycles. The molecular weight excluding hydrogens is 346 g/mol. The van der Waals surface area contributed by atoms with Gasteiger partial charge >= 0.3 is 0 Å². The third kappa shape index (κ3) is 4.87. The van der Waals surface area contributed by atoms with Gasteiger partial charge in [0.15, 0.2) is 0 Å². The van der Waals surface area contributed by atoms with Crippen molar-refractivity contribution in [3.05, 3.63) is 83.7 Å². The average molecular weight is 374 g/mol. The fourth-order valence-electron chi connectivity index (χ4n) is 3.49. The van der Waals surface area contributed by atoms with Gasteiger partial charge in [-0.25, -0.2) is 9.97 Å². The summed E-state index contributed by atoms with van der Waals surface area (Å²) >= 11 is 0. The molecule has 4 rings (SSSR count). The first kappa shape index (κ1) is 18.4. The van der Waals surface area contributed by atoms with Crippen LogP contribution in [0, 0.1) is 6.92 Å². The highest BCUT2D eigenvalue weighted by molar-refractivity contribution is 5.49. The van der Waals surface area contributed by atoms with Crippen LogP contribution in [0.25, 0.3) is 0 Å². The molecule has 0 spiro atoms. The normalized spacial score (nSPS) is 14.8. The lowest BCUT2D eigenvalue weighted by Gasteiger charge is -2.35. The van der Waals surface area contributed by atoms with Crippen molar-refractivity contribution in [2.24, 2.45) is 0 Å². The van der Waals surface area contributed by atoms with E-state index in [1.165, 1.54) is 16.7 Å². The van der Waals surface area contributed by atoms with Gasteiger partial charge in [0.1, 0.15) is 18.0 Å². The van der Waals surface area contributed by atoms with Crippen LogP contribution in [0.15, 0.2) is 67.0 Å². The molecule has 1 saturated heterocycles. The van der Waals surface area contributed by atoms with E-state index in [0.717, 1.165) is 50.9 Å². The maximum absolute atomic E-state index is 4.49. The molecule has 1 aliphatic heterocycles. The van der Waals surface area contributed by atoms with Crippen LogP contribution in [-0.4, -0.2) is 41.0 Å². The summed E-state index contributed by atoms with van der Waals surface area (Å²) in [5.74, 6) is 1.87.